The highest BCUT2D eigenvalue weighted by atomic mass is 32.1. The molecule has 0 unspecified atom stereocenters. The second-order valence-corrected chi connectivity index (χ2v) is 8.10. The molecule has 0 aliphatic heterocycles. The summed E-state index contributed by atoms with van der Waals surface area (Å²) in [6.07, 6.45) is -3.78. The van der Waals surface area contributed by atoms with E-state index in [2.05, 4.69) is 26.7 Å². The van der Waals surface area contributed by atoms with Gasteiger partial charge in [-0.15, -0.1) is 29.6 Å². The average molecular weight is 475 g/mol. The molecule has 0 N–H and O–H groups in total. The van der Waals surface area contributed by atoms with Crippen molar-refractivity contribution in [3.05, 3.63) is 65.3 Å². The molecule has 4 rings (SSSR count). The summed E-state index contributed by atoms with van der Waals surface area (Å²) >= 11 is 1.37. The van der Waals surface area contributed by atoms with Crippen LogP contribution in [-0.4, -0.2) is 32.7 Å². The quantitative estimate of drug-likeness (QED) is 0.308. The zero-order valence-electron chi connectivity index (χ0n) is 18.0. The maximum absolute atomic E-state index is 12.3. The van der Waals surface area contributed by atoms with Gasteiger partial charge in [0.1, 0.15) is 17.3 Å². The Bertz CT molecular complexity index is 1220. The van der Waals surface area contributed by atoms with Crippen LogP contribution in [0.1, 0.15) is 24.7 Å². The first-order chi connectivity index (χ1) is 15.8. The SMILES string of the molecule is CCCOc1cccc(Cn2nc(-c3nc(-c4ccc(OC(F)(F)F)cc4)cs3)nc2C)c1. The van der Waals surface area contributed by atoms with Gasteiger partial charge in [-0.3, -0.25) is 0 Å². The lowest BCUT2D eigenvalue weighted by Crippen LogP contribution is -2.16. The van der Waals surface area contributed by atoms with E-state index in [0.29, 0.717) is 35.2 Å². The maximum Gasteiger partial charge on any atom is 0.573 e. The van der Waals surface area contributed by atoms with Gasteiger partial charge in [-0.05, 0) is 55.3 Å². The number of hydrogen-bond donors (Lipinski definition) is 0. The van der Waals surface area contributed by atoms with Crippen LogP contribution >= 0.6 is 11.3 Å². The van der Waals surface area contributed by atoms with Gasteiger partial charge in [0.2, 0.25) is 5.82 Å². The Morgan fingerprint density at radius 1 is 1.03 bits per heavy atom. The largest absolute Gasteiger partial charge is 0.573 e. The van der Waals surface area contributed by atoms with E-state index >= 15 is 0 Å². The minimum Gasteiger partial charge on any atom is -0.494 e. The molecule has 2 heterocycles. The first kappa shape index (κ1) is 22.8. The minimum absolute atomic E-state index is 0.276. The Kier molecular flexibility index (Phi) is 6.64. The predicted molar refractivity (Wildman–Crippen MR) is 119 cm³/mol. The van der Waals surface area contributed by atoms with Gasteiger partial charge in [-0.25, -0.2) is 14.6 Å². The van der Waals surface area contributed by atoms with Gasteiger partial charge in [0.05, 0.1) is 18.8 Å². The van der Waals surface area contributed by atoms with Crippen molar-refractivity contribution in [3.8, 4) is 33.6 Å². The molecule has 0 saturated carbocycles. The van der Waals surface area contributed by atoms with Gasteiger partial charge < -0.3 is 9.47 Å². The van der Waals surface area contributed by atoms with Crippen molar-refractivity contribution in [2.45, 2.75) is 33.2 Å². The van der Waals surface area contributed by atoms with Crippen molar-refractivity contribution in [2.75, 3.05) is 6.61 Å². The van der Waals surface area contributed by atoms with E-state index in [0.717, 1.165) is 23.6 Å². The number of alkyl halides is 3. The van der Waals surface area contributed by atoms with Crippen molar-refractivity contribution in [1.82, 2.24) is 19.7 Å². The predicted octanol–water partition coefficient (Wildman–Crippen LogP) is 6.11. The van der Waals surface area contributed by atoms with Crippen molar-refractivity contribution in [1.29, 1.82) is 0 Å². The summed E-state index contributed by atoms with van der Waals surface area (Å²) in [5.74, 6) is 1.79. The van der Waals surface area contributed by atoms with Crippen LogP contribution in [0.3, 0.4) is 0 Å². The third kappa shape index (κ3) is 5.89. The zero-order valence-corrected chi connectivity index (χ0v) is 18.8. The van der Waals surface area contributed by atoms with Gasteiger partial charge in [0, 0.05) is 10.9 Å². The Hall–Kier alpha value is -3.40. The molecule has 0 aliphatic carbocycles. The number of aromatic nitrogens is 4. The molecule has 0 aliphatic rings. The molecular weight excluding hydrogens is 453 g/mol. The van der Waals surface area contributed by atoms with E-state index in [9.17, 15) is 13.2 Å². The number of aryl methyl sites for hydroxylation is 1. The summed E-state index contributed by atoms with van der Waals surface area (Å²) in [7, 11) is 0. The lowest BCUT2D eigenvalue weighted by Gasteiger charge is -2.08. The van der Waals surface area contributed by atoms with E-state index in [4.69, 9.17) is 4.74 Å². The van der Waals surface area contributed by atoms with E-state index in [1.54, 1.807) is 4.68 Å². The van der Waals surface area contributed by atoms with Crippen LogP contribution in [0.4, 0.5) is 13.2 Å². The molecule has 33 heavy (non-hydrogen) atoms. The van der Waals surface area contributed by atoms with Gasteiger partial charge >= 0.3 is 6.36 Å². The lowest BCUT2D eigenvalue weighted by molar-refractivity contribution is -0.274. The number of benzene rings is 2. The molecule has 10 heteroatoms. The van der Waals surface area contributed by atoms with E-state index < -0.39 is 6.36 Å². The van der Waals surface area contributed by atoms with Crippen LogP contribution in [0, 0.1) is 6.92 Å². The van der Waals surface area contributed by atoms with E-state index in [1.807, 2.05) is 36.6 Å². The molecule has 2 aromatic heterocycles. The van der Waals surface area contributed by atoms with Crippen molar-refractivity contribution >= 4 is 11.3 Å². The van der Waals surface area contributed by atoms with Crippen molar-refractivity contribution in [2.24, 2.45) is 0 Å². The molecule has 0 bridgehead atoms. The summed E-state index contributed by atoms with van der Waals surface area (Å²) < 4.78 is 48.4. The van der Waals surface area contributed by atoms with Crippen LogP contribution in [0.5, 0.6) is 11.5 Å². The van der Waals surface area contributed by atoms with Gasteiger partial charge in [-0.1, -0.05) is 19.1 Å². The molecule has 2 aromatic carbocycles. The Morgan fingerprint density at radius 2 is 1.82 bits per heavy atom. The van der Waals surface area contributed by atoms with Crippen LogP contribution in [-0.2, 0) is 6.54 Å². The highest BCUT2D eigenvalue weighted by Gasteiger charge is 2.31. The average Bonchev–Trinajstić information content (AvgIpc) is 3.39. The first-order valence-electron chi connectivity index (χ1n) is 10.3. The summed E-state index contributed by atoms with van der Waals surface area (Å²) in [5, 5.41) is 7.04. The summed E-state index contributed by atoms with van der Waals surface area (Å²) in [4.78, 5) is 9.10. The topological polar surface area (TPSA) is 62.1 Å². The fraction of sp³-hybridized carbons (Fsp3) is 0.261. The number of hydrogen-bond acceptors (Lipinski definition) is 6. The fourth-order valence-electron chi connectivity index (χ4n) is 3.12. The number of nitrogens with zero attached hydrogens (tertiary/aromatic N) is 4. The second-order valence-electron chi connectivity index (χ2n) is 7.25. The first-order valence-corrected chi connectivity index (χ1v) is 11.1. The molecule has 0 amide bonds. The molecular formula is C23H21F3N4O2S. The Morgan fingerprint density at radius 3 is 2.55 bits per heavy atom. The minimum atomic E-state index is -4.72. The molecule has 172 valence electrons. The summed E-state index contributed by atoms with van der Waals surface area (Å²) in [5.41, 5.74) is 2.35. The standard InChI is InChI=1S/C23H21F3N4O2S/c1-3-11-31-19-6-4-5-16(12-19)13-30-15(2)27-21(29-30)22-28-20(14-33-22)17-7-9-18(10-8-17)32-23(24,25)26/h4-10,12,14H,3,11,13H2,1-2H3. The second kappa shape index (κ2) is 9.62. The van der Waals surface area contributed by atoms with Crippen molar-refractivity contribution < 1.29 is 22.6 Å². The fourth-order valence-corrected chi connectivity index (χ4v) is 3.88. The third-order valence-corrected chi connectivity index (χ3v) is 5.48. The molecule has 0 radical (unpaired) electrons. The maximum atomic E-state index is 12.3. The summed E-state index contributed by atoms with van der Waals surface area (Å²) in [6.45, 7) is 5.15. The smallest absolute Gasteiger partial charge is 0.494 e. The van der Waals surface area contributed by atoms with E-state index in [-0.39, 0.29) is 5.75 Å². The highest BCUT2D eigenvalue weighted by Crippen LogP contribution is 2.30. The lowest BCUT2D eigenvalue weighted by atomic mass is 10.2. The molecule has 0 saturated heterocycles. The van der Waals surface area contributed by atoms with Crippen molar-refractivity contribution in [3.63, 3.8) is 0 Å². The number of rotatable bonds is 8. The molecule has 0 atom stereocenters. The molecule has 6 nitrogen and oxygen atoms in total. The van der Waals surface area contributed by atoms with Gasteiger partial charge in [0.15, 0.2) is 5.01 Å². The van der Waals surface area contributed by atoms with Crippen LogP contribution in [0.25, 0.3) is 22.1 Å². The molecule has 0 spiro atoms. The molecule has 0 fully saturated rings. The van der Waals surface area contributed by atoms with Gasteiger partial charge in [0.25, 0.3) is 0 Å². The van der Waals surface area contributed by atoms with Crippen LogP contribution in [0.2, 0.25) is 0 Å². The summed E-state index contributed by atoms with van der Waals surface area (Å²) in [6, 6.07) is 13.5. The molecule has 4 aromatic rings. The third-order valence-electron chi connectivity index (χ3n) is 4.64. The normalized spacial score (nSPS) is 11.5. The Labute approximate surface area is 192 Å². The van der Waals surface area contributed by atoms with Gasteiger partial charge in [-0.2, -0.15) is 0 Å². The zero-order chi connectivity index (χ0) is 23.4. The Balaban J connectivity index is 1.49. The monoisotopic (exact) mass is 474 g/mol. The van der Waals surface area contributed by atoms with Crippen LogP contribution in [0.15, 0.2) is 53.9 Å². The van der Waals surface area contributed by atoms with E-state index in [1.165, 1.54) is 35.6 Å². The number of ether oxygens (including phenoxy) is 2. The number of thiazole rings is 1. The number of halogens is 3. The van der Waals surface area contributed by atoms with Crippen LogP contribution < -0.4 is 9.47 Å². The highest BCUT2D eigenvalue weighted by molar-refractivity contribution is 7.13.